The minimum absolute atomic E-state index is 0.0125. The van der Waals surface area contributed by atoms with Crippen LogP contribution in [0.1, 0.15) is 11.5 Å². The summed E-state index contributed by atoms with van der Waals surface area (Å²) in [7, 11) is 1.89. The number of nitrogens with zero attached hydrogens (tertiary/aromatic N) is 4. The molecule has 2 aromatic heterocycles. The van der Waals surface area contributed by atoms with Gasteiger partial charge in [-0.25, -0.2) is 4.68 Å². The lowest BCUT2D eigenvalue weighted by Gasteiger charge is -2.18. The van der Waals surface area contributed by atoms with Crippen molar-refractivity contribution in [3.05, 3.63) is 60.7 Å². The van der Waals surface area contributed by atoms with Crippen molar-refractivity contribution >= 4 is 11.6 Å². The Morgan fingerprint density at radius 2 is 2.12 bits per heavy atom. The minimum Gasteiger partial charge on any atom is -0.324 e. The van der Waals surface area contributed by atoms with Crippen LogP contribution in [0.25, 0.3) is 5.69 Å². The number of nitrogens with one attached hydrogen (secondary N) is 2. The number of hydrogen-bond donors (Lipinski definition) is 2. The number of rotatable bonds is 4. The molecule has 4 rings (SSSR count). The fourth-order valence-corrected chi connectivity index (χ4v) is 3.35. The van der Waals surface area contributed by atoms with Gasteiger partial charge in [0.25, 0.3) is 0 Å². The van der Waals surface area contributed by atoms with Crippen molar-refractivity contribution in [1.82, 2.24) is 24.9 Å². The molecular formula is C18H20N6O. The van der Waals surface area contributed by atoms with Gasteiger partial charge in [-0.05, 0) is 23.8 Å². The maximum absolute atomic E-state index is 12.9. The summed E-state index contributed by atoms with van der Waals surface area (Å²) < 4.78 is 3.52. The van der Waals surface area contributed by atoms with Crippen molar-refractivity contribution in [2.75, 3.05) is 18.4 Å². The van der Waals surface area contributed by atoms with E-state index in [-0.39, 0.29) is 17.7 Å². The zero-order valence-electron chi connectivity index (χ0n) is 14.0. The second-order valence-corrected chi connectivity index (χ2v) is 6.28. The van der Waals surface area contributed by atoms with E-state index >= 15 is 0 Å². The molecule has 7 nitrogen and oxygen atoms in total. The number of para-hydroxylation sites is 2. The topological polar surface area (TPSA) is 76.8 Å². The zero-order chi connectivity index (χ0) is 17.2. The maximum Gasteiger partial charge on any atom is 0.229 e. The van der Waals surface area contributed by atoms with Gasteiger partial charge in [0.15, 0.2) is 0 Å². The van der Waals surface area contributed by atoms with E-state index in [2.05, 4.69) is 20.8 Å². The van der Waals surface area contributed by atoms with E-state index in [0.29, 0.717) is 6.54 Å². The molecular weight excluding hydrogens is 316 g/mol. The molecule has 0 radical (unpaired) electrons. The molecule has 2 atom stereocenters. The summed E-state index contributed by atoms with van der Waals surface area (Å²) in [5.41, 5.74) is 2.70. The van der Waals surface area contributed by atoms with Crippen LogP contribution in [0, 0.1) is 5.92 Å². The molecule has 1 saturated heterocycles. The van der Waals surface area contributed by atoms with Gasteiger partial charge >= 0.3 is 0 Å². The molecule has 128 valence electrons. The number of anilines is 1. The standard InChI is InChI=1S/C18H20N6O/c1-23-12-13(9-21-23)14-10-19-11-15(14)18(25)22-16-5-2-3-6-17(16)24-8-4-7-20-24/h2-9,12,14-15,19H,10-11H2,1H3,(H,22,25)/t14-,15+/m1/s1. The first-order chi connectivity index (χ1) is 12.2. The van der Waals surface area contributed by atoms with Crippen LogP contribution < -0.4 is 10.6 Å². The first-order valence-corrected chi connectivity index (χ1v) is 8.31. The predicted molar refractivity (Wildman–Crippen MR) is 94.5 cm³/mol. The van der Waals surface area contributed by atoms with Crippen molar-refractivity contribution in [1.29, 1.82) is 0 Å². The maximum atomic E-state index is 12.9. The van der Waals surface area contributed by atoms with Crippen LogP contribution in [0.4, 0.5) is 5.69 Å². The smallest absolute Gasteiger partial charge is 0.229 e. The van der Waals surface area contributed by atoms with Gasteiger partial charge in [0.1, 0.15) is 0 Å². The quantitative estimate of drug-likeness (QED) is 0.758. The molecule has 7 heteroatoms. The highest BCUT2D eigenvalue weighted by atomic mass is 16.2. The van der Waals surface area contributed by atoms with E-state index in [0.717, 1.165) is 23.5 Å². The van der Waals surface area contributed by atoms with Gasteiger partial charge in [-0.1, -0.05) is 12.1 Å². The van der Waals surface area contributed by atoms with E-state index < -0.39 is 0 Å². The Morgan fingerprint density at radius 1 is 1.24 bits per heavy atom. The second-order valence-electron chi connectivity index (χ2n) is 6.28. The molecule has 25 heavy (non-hydrogen) atoms. The third-order valence-electron chi connectivity index (χ3n) is 4.62. The van der Waals surface area contributed by atoms with Gasteiger partial charge in [0.05, 0.1) is 23.5 Å². The Hall–Kier alpha value is -2.93. The highest BCUT2D eigenvalue weighted by molar-refractivity contribution is 5.95. The van der Waals surface area contributed by atoms with Gasteiger partial charge in [-0.15, -0.1) is 0 Å². The Bertz CT molecular complexity index is 869. The molecule has 1 aliphatic rings. The molecule has 0 aliphatic carbocycles. The molecule has 0 spiro atoms. The monoisotopic (exact) mass is 336 g/mol. The van der Waals surface area contributed by atoms with Gasteiger partial charge in [-0.3, -0.25) is 9.48 Å². The summed E-state index contributed by atoms with van der Waals surface area (Å²) in [4.78, 5) is 12.9. The van der Waals surface area contributed by atoms with Crippen LogP contribution in [0.3, 0.4) is 0 Å². The number of hydrogen-bond acceptors (Lipinski definition) is 4. The van der Waals surface area contributed by atoms with Crippen molar-refractivity contribution in [3.63, 3.8) is 0 Å². The average Bonchev–Trinajstić information content (AvgIpc) is 3.36. The van der Waals surface area contributed by atoms with Crippen LogP contribution in [-0.4, -0.2) is 38.6 Å². The zero-order valence-corrected chi connectivity index (χ0v) is 14.0. The predicted octanol–water partition coefficient (Wildman–Crippen LogP) is 1.55. The minimum atomic E-state index is -0.130. The van der Waals surface area contributed by atoms with E-state index in [1.807, 2.05) is 56.0 Å². The summed E-state index contributed by atoms with van der Waals surface area (Å²) in [6.45, 7) is 1.44. The van der Waals surface area contributed by atoms with Crippen LogP contribution in [0.5, 0.6) is 0 Å². The Balaban J connectivity index is 1.56. The lowest BCUT2D eigenvalue weighted by Crippen LogP contribution is -2.28. The molecule has 1 aromatic carbocycles. The summed E-state index contributed by atoms with van der Waals surface area (Å²) >= 11 is 0. The first kappa shape index (κ1) is 15.6. The molecule has 2 N–H and O–H groups in total. The number of benzene rings is 1. The van der Waals surface area contributed by atoms with E-state index in [4.69, 9.17) is 0 Å². The Morgan fingerprint density at radius 3 is 2.88 bits per heavy atom. The molecule has 1 amide bonds. The average molecular weight is 336 g/mol. The molecule has 0 bridgehead atoms. The van der Waals surface area contributed by atoms with E-state index in [1.54, 1.807) is 15.6 Å². The van der Waals surface area contributed by atoms with Crippen LogP contribution in [-0.2, 0) is 11.8 Å². The lowest BCUT2D eigenvalue weighted by molar-refractivity contribution is -0.119. The Kier molecular flexibility index (Phi) is 4.07. The molecule has 0 saturated carbocycles. The number of carbonyl (C=O) groups is 1. The largest absolute Gasteiger partial charge is 0.324 e. The van der Waals surface area contributed by atoms with Gasteiger partial charge in [0.2, 0.25) is 5.91 Å². The second kappa shape index (κ2) is 6.52. The van der Waals surface area contributed by atoms with Crippen molar-refractivity contribution in [2.24, 2.45) is 13.0 Å². The van der Waals surface area contributed by atoms with Crippen molar-refractivity contribution < 1.29 is 4.79 Å². The summed E-state index contributed by atoms with van der Waals surface area (Å²) in [5.74, 6) is 0.0129. The highest BCUT2D eigenvalue weighted by Crippen LogP contribution is 2.29. The third-order valence-corrected chi connectivity index (χ3v) is 4.62. The van der Waals surface area contributed by atoms with Gasteiger partial charge in [0, 0.05) is 44.6 Å². The van der Waals surface area contributed by atoms with E-state index in [9.17, 15) is 4.79 Å². The van der Waals surface area contributed by atoms with Crippen molar-refractivity contribution in [3.8, 4) is 5.69 Å². The Labute approximate surface area is 145 Å². The first-order valence-electron chi connectivity index (χ1n) is 8.31. The van der Waals surface area contributed by atoms with Gasteiger partial charge < -0.3 is 10.6 Å². The van der Waals surface area contributed by atoms with Gasteiger partial charge in [-0.2, -0.15) is 10.2 Å². The summed E-state index contributed by atoms with van der Waals surface area (Å²) in [6, 6.07) is 9.54. The fraction of sp³-hybridized carbons (Fsp3) is 0.278. The van der Waals surface area contributed by atoms with Crippen LogP contribution in [0.2, 0.25) is 0 Å². The number of aryl methyl sites for hydroxylation is 1. The van der Waals surface area contributed by atoms with Crippen LogP contribution >= 0.6 is 0 Å². The molecule has 3 aromatic rings. The molecule has 3 heterocycles. The fourth-order valence-electron chi connectivity index (χ4n) is 3.35. The highest BCUT2D eigenvalue weighted by Gasteiger charge is 2.35. The van der Waals surface area contributed by atoms with Crippen molar-refractivity contribution in [2.45, 2.75) is 5.92 Å². The SMILES string of the molecule is Cn1cc([C@H]2CNC[C@@H]2C(=O)Nc2ccccc2-n2cccn2)cn1. The molecule has 1 aliphatic heterocycles. The number of aromatic nitrogens is 4. The van der Waals surface area contributed by atoms with E-state index in [1.165, 1.54) is 0 Å². The molecule has 1 fully saturated rings. The summed E-state index contributed by atoms with van der Waals surface area (Å²) in [6.07, 6.45) is 7.41. The lowest BCUT2D eigenvalue weighted by atomic mass is 9.90. The normalized spacial score (nSPS) is 19.9. The molecule has 0 unspecified atom stereocenters. The summed E-state index contributed by atoms with van der Waals surface area (Å²) in [5, 5.41) is 14.9. The third kappa shape index (κ3) is 3.06. The van der Waals surface area contributed by atoms with Crippen LogP contribution in [0.15, 0.2) is 55.1 Å². The number of carbonyl (C=O) groups excluding carboxylic acids is 1. The number of amides is 1.